The molecule has 0 amide bonds. The molecule has 0 heterocycles. The van der Waals surface area contributed by atoms with E-state index in [1.807, 2.05) is 12.1 Å². The molecule has 0 aliphatic rings. The van der Waals surface area contributed by atoms with Crippen molar-refractivity contribution in [3.8, 4) is 5.75 Å². The summed E-state index contributed by atoms with van der Waals surface area (Å²) in [4.78, 5) is 0. The smallest absolute Gasteiger partial charge is 0.115 e. The summed E-state index contributed by atoms with van der Waals surface area (Å²) in [7, 11) is 0. The molecule has 2 N–H and O–H groups in total. The highest BCUT2D eigenvalue weighted by molar-refractivity contribution is 5.26. The van der Waals surface area contributed by atoms with Gasteiger partial charge in [0.15, 0.2) is 0 Å². The maximum atomic E-state index is 9.27. The van der Waals surface area contributed by atoms with Gasteiger partial charge in [-0.05, 0) is 55.0 Å². The van der Waals surface area contributed by atoms with E-state index in [4.69, 9.17) is 0 Å². The second-order valence-corrected chi connectivity index (χ2v) is 5.66. The first kappa shape index (κ1) is 15.6. The summed E-state index contributed by atoms with van der Waals surface area (Å²) < 4.78 is 0. The van der Waals surface area contributed by atoms with Crippen molar-refractivity contribution in [2.24, 2.45) is 0 Å². The van der Waals surface area contributed by atoms with E-state index in [2.05, 4.69) is 43.4 Å². The van der Waals surface area contributed by atoms with Gasteiger partial charge >= 0.3 is 0 Å². The number of benzene rings is 2. The van der Waals surface area contributed by atoms with Gasteiger partial charge in [0.25, 0.3) is 0 Å². The first-order valence-corrected chi connectivity index (χ1v) is 7.76. The maximum absolute atomic E-state index is 9.27. The minimum atomic E-state index is 0.334. The maximum Gasteiger partial charge on any atom is 0.115 e. The molecule has 1 unspecified atom stereocenters. The van der Waals surface area contributed by atoms with Crippen molar-refractivity contribution in [1.29, 1.82) is 0 Å². The van der Waals surface area contributed by atoms with Crippen molar-refractivity contribution in [1.82, 2.24) is 5.32 Å². The van der Waals surface area contributed by atoms with Crippen LogP contribution in [0, 0.1) is 0 Å². The second kappa shape index (κ2) is 7.84. The van der Waals surface area contributed by atoms with Crippen LogP contribution in [0.15, 0.2) is 48.5 Å². The number of phenolic OH excluding ortho intramolecular Hbond substituents is 1. The molecule has 112 valence electrons. The number of nitrogens with one attached hydrogen (secondary N) is 1. The summed E-state index contributed by atoms with van der Waals surface area (Å²) in [5.74, 6) is 0.334. The zero-order chi connectivity index (χ0) is 15.1. The summed E-state index contributed by atoms with van der Waals surface area (Å²) in [5, 5.41) is 12.8. The molecule has 2 heteroatoms. The lowest BCUT2D eigenvalue weighted by molar-refractivity contribution is 0.474. The predicted molar refractivity (Wildman–Crippen MR) is 88.5 cm³/mol. The van der Waals surface area contributed by atoms with Crippen molar-refractivity contribution in [2.75, 3.05) is 0 Å². The summed E-state index contributed by atoms with van der Waals surface area (Å²) in [6, 6.07) is 16.8. The van der Waals surface area contributed by atoms with Crippen LogP contribution in [-0.2, 0) is 19.4 Å². The van der Waals surface area contributed by atoms with Crippen LogP contribution in [0.25, 0.3) is 0 Å². The van der Waals surface area contributed by atoms with Crippen LogP contribution < -0.4 is 5.32 Å². The lowest BCUT2D eigenvalue weighted by atomic mass is 10.1. The SMILES string of the molecule is CCc1ccc(CNC(C)CCc2ccc(O)cc2)cc1. The molecule has 2 aromatic rings. The van der Waals surface area contributed by atoms with E-state index >= 15 is 0 Å². The molecule has 0 aliphatic carbocycles. The number of rotatable bonds is 7. The molecule has 0 fully saturated rings. The number of aromatic hydroxyl groups is 1. The summed E-state index contributed by atoms with van der Waals surface area (Å²) in [5.41, 5.74) is 4.00. The Kier molecular flexibility index (Phi) is 5.82. The Labute approximate surface area is 127 Å². The van der Waals surface area contributed by atoms with Gasteiger partial charge in [0.05, 0.1) is 0 Å². The Balaban J connectivity index is 1.73. The average molecular weight is 283 g/mol. The Bertz CT molecular complexity index is 530. The minimum absolute atomic E-state index is 0.334. The van der Waals surface area contributed by atoms with Crippen LogP contribution in [-0.4, -0.2) is 11.1 Å². The zero-order valence-electron chi connectivity index (χ0n) is 13.0. The lowest BCUT2D eigenvalue weighted by Gasteiger charge is -2.14. The van der Waals surface area contributed by atoms with Crippen molar-refractivity contribution in [3.63, 3.8) is 0 Å². The van der Waals surface area contributed by atoms with E-state index in [0.717, 1.165) is 25.8 Å². The highest BCUT2D eigenvalue weighted by atomic mass is 16.3. The van der Waals surface area contributed by atoms with Crippen molar-refractivity contribution in [3.05, 3.63) is 65.2 Å². The molecule has 0 saturated heterocycles. The van der Waals surface area contributed by atoms with E-state index in [1.165, 1.54) is 16.7 Å². The fourth-order valence-electron chi connectivity index (χ4n) is 2.33. The Morgan fingerprint density at radius 2 is 1.48 bits per heavy atom. The minimum Gasteiger partial charge on any atom is -0.508 e. The highest BCUT2D eigenvalue weighted by Crippen LogP contribution is 2.12. The first-order chi connectivity index (χ1) is 10.2. The summed E-state index contributed by atoms with van der Waals surface area (Å²) in [6.07, 6.45) is 3.22. The number of hydrogen-bond acceptors (Lipinski definition) is 2. The average Bonchev–Trinajstić information content (AvgIpc) is 2.53. The molecule has 21 heavy (non-hydrogen) atoms. The zero-order valence-corrected chi connectivity index (χ0v) is 13.0. The monoisotopic (exact) mass is 283 g/mol. The molecule has 0 saturated carbocycles. The molecular weight excluding hydrogens is 258 g/mol. The third kappa shape index (κ3) is 5.24. The third-order valence-corrected chi connectivity index (χ3v) is 3.89. The Morgan fingerprint density at radius 3 is 2.10 bits per heavy atom. The third-order valence-electron chi connectivity index (χ3n) is 3.89. The van der Waals surface area contributed by atoms with Gasteiger partial charge in [0.1, 0.15) is 5.75 Å². The first-order valence-electron chi connectivity index (χ1n) is 7.76. The molecule has 0 aromatic heterocycles. The van der Waals surface area contributed by atoms with Crippen molar-refractivity contribution >= 4 is 0 Å². The second-order valence-electron chi connectivity index (χ2n) is 5.66. The Morgan fingerprint density at radius 1 is 0.905 bits per heavy atom. The molecule has 0 bridgehead atoms. The molecule has 2 aromatic carbocycles. The summed E-state index contributed by atoms with van der Waals surface area (Å²) >= 11 is 0. The topological polar surface area (TPSA) is 32.3 Å². The molecule has 0 spiro atoms. The molecule has 0 aliphatic heterocycles. The number of phenols is 1. The number of aryl methyl sites for hydroxylation is 2. The summed E-state index contributed by atoms with van der Waals surface area (Å²) in [6.45, 7) is 5.32. The van der Waals surface area contributed by atoms with Crippen LogP contribution in [0.5, 0.6) is 5.75 Å². The van der Waals surface area contributed by atoms with Gasteiger partial charge in [-0.1, -0.05) is 43.3 Å². The van der Waals surface area contributed by atoms with Crippen molar-refractivity contribution < 1.29 is 5.11 Å². The van der Waals surface area contributed by atoms with E-state index in [0.29, 0.717) is 11.8 Å². The quantitative estimate of drug-likeness (QED) is 0.803. The van der Waals surface area contributed by atoms with Crippen LogP contribution >= 0.6 is 0 Å². The largest absolute Gasteiger partial charge is 0.508 e. The fourth-order valence-corrected chi connectivity index (χ4v) is 2.33. The molecule has 2 rings (SSSR count). The van der Waals surface area contributed by atoms with Gasteiger partial charge in [-0.25, -0.2) is 0 Å². The van der Waals surface area contributed by atoms with Crippen LogP contribution in [0.1, 0.15) is 37.0 Å². The lowest BCUT2D eigenvalue weighted by Crippen LogP contribution is -2.25. The van der Waals surface area contributed by atoms with Gasteiger partial charge in [-0.15, -0.1) is 0 Å². The van der Waals surface area contributed by atoms with Gasteiger partial charge in [-0.2, -0.15) is 0 Å². The molecule has 0 radical (unpaired) electrons. The molecular formula is C19H25NO. The normalized spacial score (nSPS) is 12.3. The van der Waals surface area contributed by atoms with Gasteiger partial charge < -0.3 is 10.4 Å². The predicted octanol–water partition coefficient (Wildman–Crippen LogP) is 4.07. The van der Waals surface area contributed by atoms with Gasteiger partial charge in [0.2, 0.25) is 0 Å². The van der Waals surface area contributed by atoms with Crippen LogP contribution in [0.4, 0.5) is 0 Å². The van der Waals surface area contributed by atoms with Crippen molar-refractivity contribution in [2.45, 2.75) is 45.7 Å². The van der Waals surface area contributed by atoms with Crippen LogP contribution in [0.3, 0.4) is 0 Å². The van der Waals surface area contributed by atoms with E-state index in [1.54, 1.807) is 12.1 Å². The highest BCUT2D eigenvalue weighted by Gasteiger charge is 2.03. The van der Waals surface area contributed by atoms with E-state index in [9.17, 15) is 5.11 Å². The van der Waals surface area contributed by atoms with Gasteiger partial charge in [0, 0.05) is 12.6 Å². The fraction of sp³-hybridized carbons (Fsp3) is 0.368. The molecule has 2 nitrogen and oxygen atoms in total. The van der Waals surface area contributed by atoms with Gasteiger partial charge in [-0.3, -0.25) is 0 Å². The van der Waals surface area contributed by atoms with E-state index < -0.39 is 0 Å². The number of hydrogen-bond donors (Lipinski definition) is 2. The van der Waals surface area contributed by atoms with E-state index in [-0.39, 0.29) is 0 Å². The van der Waals surface area contributed by atoms with Crippen LogP contribution in [0.2, 0.25) is 0 Å². The molecule has 1 atom stereocenters. The Hall–Kier alpha value is -1.80. The standard InChI is InChI=1S/C19H25NO/c1-3-16-6-8-18(9-7-16)14-20-15(2)4-5-17-10-12-19(21)13-11-17/h6-13,15,20-21H,3-5,14H2,1-2H3.